The van der Waals surface area contributed by atoms with Crippen LogP contribution in [0, 0.1) is 0 Å². The average molecular weight is 466 g/mol. The fourth-order valence-corrected chi connectivity index (χ4v) is 3.25. The summed E-state index contributed by atoms with van der Waals surface area (Å²) in [6.07, 6.45) is 1.40. The minimum Gasteiger partial charge on any atom is -0.484 e. The van der Waals surface area contributed by atoms with Crippen LogP contribution in [0.4, 0.5) is 11.4 Å². The van der Waals surface area contributed by atoms with E-state index in [2.05, 4.69) is 21.2 Å². The van der Waals surface area contributed by atoms with Gasteiger partial charge in [0.2, 0.25) is 0 Å². The van der Waals surface area contributed by atoms with Gasteiger partial charge in [0.05, 0.1) is 6.21 Å². The molecular formula is C27H22N4O4. The second kappa shape index (κ2) is 11.2. The van der Waals surface area contributed by atoms with E-state index in [9.17, 15) is 14.4 Å². The Kier molecular flexibility index (Phi) is 7.45. The van der Waals surface area contributed by atoms with Gasteiger partial charge in [-0.2, -0.15) is 5.10 Å². The van der Waals surface area contributed by atoms with Crippen molar-refractivity contribution in [2.45, 2.75) is 0 Å². The van der Waals surface area contributed by atoms with E-state index >= 15 is 0 Å². The van der Waals surface area contributed by atoms with Crippen molar-refractivity contribution in [2.75, 3.05) is 17.2 Å². The number of benzene rings is 4. The van der Waals surface area contributed by atoms with Gasteiger partial charge in [-0.1, -0.05) is 54.6 Å². The van der Waals surface area contributed by atoms with Gasteiger partial charge in [-0.3, -0.25) is 14.4 Å². The molecule has 0 bridgehead atoms. The van der Waals surface area contributed by atoms with Gasteiger partial charge in [0, 0.05) is 16.8 Å². The van der Waals surface area contributed by atoms with E-state index in [1.807, 2.05) is 48.5 Å². The largest absolute Gasteiger partial charge is 0.484 e. The molecule has 0 aliphatic heterocycles. The van der Waals surface area contributed by atoms with Crippen LogP contribution in [0.2, 0.25) is 0 Å². The summed E-state index contributed by atoms with van der Waals surface area (Å²) in [6.45, 7) is -0.135. The normalized spacial score (nSPS) is 10.6. The van der Waals surface area contributed by atoms with Crippen molar-refractivity contribution in [3.8, 4) is 5.75 Å². The maximum Gasteiger partial charge on any atom is 0.329 e. The lowest BCUT2D eigenvalue weighted by Gasteiger charge is -2.08. The van der Waals surface area contributed by atoms with Gasteiger partial charge in [-0.25, -0.2) is 5.43 Å². The first kappa shape index (κ1) is 23.2. The number of carbonyl (C=O) groups is 3. The second-order valence-corrected chi connectivity index (χ2v) is 7.45. The Hall–Kier alpha value is -4.98. The summed E-state index contributed by atoms with van der Waals surface area (Å²) in [6, 6.07) is 28.9. The predicted octanol–water partition coefficient (Wildman–Crippen LogP) is 3.95. The van der Waals surface area contributed by atoms with E-state index in [-0.39, 0.29) is 12.5 Å². The highest BCUT2D eigenvalue weighted by Gasteiger charge is 2.14. The van der Waals surface area contributed by atoms with Crippen LogP contribution in [0.25, 0.3) is 10.8 Å². The lowest BCUT2D eigenvalue weighted by atomic mass is 10.1. The standard InChI is InChI=1S/C27H22N4O4/c32-25(29-21-9-2-1-3-10-21)18-35-22-15-13-19(14-16-22)17-28-31-27(34)26(33)30-24-12-6-8-20-7-4-5-11-23(20)24/h1-17H,18H2,(H,29,32)(H,30,33)(H,31,34). The molecule has 0 saturated heterocycles. The molecule has 0 radical (unpaired) electrons. The highest BCUT2D eigenvalue weighted by Crippen LogP contribution is 2.22. The molecule has 4 aromatic carbocycles. The summed E-state index contributed by atoms with van der Waals surface area (Å²) < 4.78 is 5.48. The lowest BCUT2D eigenvalue weighted by molar-refractivity contribution is -0.136. The number of amides is 3. The van der Waals surface area contributed by atoms with Gasteiger partial charge in [-0.05, 0) is 53.4 Å². The van der Waals surface area contributed by atoms with E-state index in [0.29, 0.717) is 22.7 Å². The first-order chi connectivity index (χ1) is 17.1. The van der Waals surface area contributed by atoms with Crippen molar-refractivity contribution < 1.29 is 19.1 Å². The summed E-state index contributed by atoms with van der Waals surface area (Å²) in [7, 11) is 0. The third kappa shape index (κ3) is 6.52. The molecule has 35 heavy (non-hydrogen) atoms. The number of nitrogens with one attached hydrogen (secondary N) is 3. The molecule has 3 amide bonds. The van der Waals surface area contributed by atoms with Gasteiger partial charge < -0.3 is 15.4 Å². The maximum atomic E-state index is 12.2. The summed E-state index contributed by atoms with van der Waals surface area (Å²) >= 11 is 0. The van der Waals surface area contributed by atoms with Crippen LogP contribution in [0.1, 0.15) is 5.56 Å². The Morgan fingerprint density at radius 2 is 1.46 bits per heavy atom. The highest BCUT2D eigenvalue weighted by molar-refractivity contribution is 6.40. The average Bonchev–Trinajstić information content (AvgIpc) is 2.89. The highest BCUT2D eigenvalue weighted by atomic mass is 16.5. The molecule has 0 aliphatic carbocycles. The van der Waals surface area contributed by atoms with Crippen molar-refractivity contribution in [2.24, 2.45) is 5.10 Å². The second-order valence-electron chi connectivity index (χ2n) is 7.45. The molecule has 174 valence electrons. The number of fused-ring (bicyclic) bond motifs is 1. The minimum absolute atomic E-state index is 0.135. The number of hydrogen-bond donors (Lipinski definition) is 3. The molecule has 0 fully saturated rings. The van der Waals surface area contributed by atoms with E-state index in [1.165, 1.54) is 6.21 Å². The zero-order valence-corrected chi connectivity index (χ0v) is 18.6. The molecule has 4 rings (SSSR count). The van der Waals surface area contributed by atoms with Crippen molar-refractivity contribution in [3.05, 3.63) is 103 Å². The Morgan fingerprint density at radius 1 is 0.743 bits per heavy atom. The van der Waals surface area contributed by atoms with Gasteiger partial charge >= 0.3 is 11.8 Å². The summed E-state index contributed by atoms with van der Waals surface area (Å²) in [5, 5.41) is 11.0. The Labute approximate surface area is 201 Å². The third-order valence-electron chi connectivity index (χ3n) is 4.93. The zero-order valence-electron chi connectivity index (χ0n) is 18.6. The van der Waals surface area contributed by atoms with Crippen LogP contribution in [0.5, 0.6) is 5.75 Å². The zero-order chi connectivity index (χ0) is 24.5. The minimum atomic E-state index is -0.890. The third-order valence-corrected chi connectivity index (χ3v) is 4.93. The number of hydrogen-bond acceptors (Lipinski definition) is 5. The first-order valence-corrected chi connectivity index (χ1v) is 10.8. The molecule has 0 saturated carbocycles. The van der Waals surface area contributed by atoms with E-state index in [0.717, 1.165) is 10.8 Å². The molecule has 0 unspecified atom stereocenters. The summed E-state index contributed by atoms with van der Waals surface area (Å²) in [5.41, 5.74) is 4.12. The SMILES string of the molecule is O=C(COc1ccc(C=NNC(=O)C(=O)Nc2cccc3ccccc23)cc1)Nc1ccccc1. The number of anilines is 2. The quantitative estimate of drug-likeness (QED) is 0.218. The van der Waals surface area contributed by atoms with Crippen molar-refractivity contribution in [1.29, 1.82) is 0 Å². The fraction of sp³-hybridized carbons (Fsp3) is 0.0370. The van der Waals surface area contributed by atoms with Crippen LogP contribution in [0.15, 0.2) is 102 Å². The topological polar surface area (TPSA) is 109 Å². The van der Waals surface area contributed by atoms with Gasteiger partial charge in [0.15, 0.2) is 6.61 Å². The number of rotatable bonds is 7. The van der Waals surface area contributed by atoms with E-state index < -0.39 is 11.8 Å². The molecule has 0 heterocycles. The monoisotopic (exact) mass is 466 g/mol. The molecule has 0 atom stereocenters. The lowest BCUT2D eigenvalue weighted by Crippen LogP contribution is -2.32. The molecule has 0 spiro atoms. The smallest absolute Gasteiger partial charge is 0.329 e. The van der Waals surface area contributed by atoms with Gasteiger partial charge in [-0.15, -0.1) is 0 Å². The van der Waals surface area contributed by atoms with Crippen molar-refractivity contribution in [3.63, 3.8) is 0 Å². The molecule has 8 nitrogen and oxygen atoms in total. The summed E-state index contributed by atoms with van der Waals surface area (Å²) in [4.78, 5) is 36.3. The molecule has 3 N–H and O–H groups in total. The number of nitrogens with zero attached hydrogens (tertiary/aromatic N) is 1. The number of carbonyl (C=O) groups excluding carboxylic acids is 3. The predicted molar refractivity (Wildman–Crippen MR) is 135 cm³/mol. The van der Waals surface area contributed by atoms with Crippen LogP contribution < -0.4 is 20.8 Å². The van der Waals surface area contributed by atoms with Crippen LogP contribution >= 0.6 is 0 Å². The van der Waals surface area contributed by atoms with Crippen LogP contribution in [0.3, 0.4) is 0 Å². The Morgan fingerprint density at radius 3 is 2.26 bits per heavy atom. The molecular weight excluding hydrogens is 444 g/mol. The van der Waals surface area contributed by atoms with E-state index in [4.69, 9.17) is 4.74 Å². The number of ether oxygens (including phenoxy) is 1. The summed E-state index contributed by atoms with van der Waals surface area (Å²) in [5.74, 6) is -1.48. The van der Waals surface area contributed by atoms with Gasteiger partial charge in [0.25, 0.3) is 5.91 Å². The van der Waals surface area contributed by atoms with Crippen LogP contribution in [-0.2, 0) is 14.4 Å². The molecule has 4 aromatic rings. The fourth-order valence-electron chi connectivity index (χ4n) is 3.25. The molecule has 0 aliphatic rings. The number of hydrazone groups is 1. The van der Waals surface area contributed by atoms with Crippen LogP contribution in [-0.4, -0.2) is 30.5 Å². The van der Waals surface area contributed by atoms with E-state index in [1.54, 1.807) is 48.5 Å². The van der Waals surface area contributed by atoms with Crippen molar-refractivity contribution in [1.82, 2.24) is 5.43 Å². The Balaban J connectivity index is 1.24. The first-order valence-electron chi connectivity index (χ1n) is 10.8. The Bertz CT molecular complexity index is 1360. The maximum absolute atomic E-state index is 12.2. The number of para-hydroxylation sites is 1. The van der Waals surface area contributed by atoms with Gasteiger partial charge in [0.1, 0.15) is 5.75 Å². The van der Waals surface area contributed by atoms with Crippen molar-refractivity contribution >= 4 is 46.1 Å². The molecule has 8 heteroatoms. The molecule has 0 aromatic heterocycles.